The molecule has 14 heavy (non-hydrogen) atoms. The largest absolute Gasteiger partial charge is 0.465 e. The van der Waals surface area contributed by atoms with Gasteiger partial charge in [0.1, 0.15) is 4.75 Å². The van der Waals surface area contributed by atoms with Crippen molar-refractivity contribution in [2.75, 3.05) is 6.61 Å². The third-order valence-corrected chi connectivity index (χ3v) is 2.09. The summed E-state index contributed by atoms with van der Waals surface area (Å²) in [4.78, 5) is 11.3. The van der Waals surface area contributed by atoms with Crippen molar-refractivity contribution < 1.29 is 9.53 Å². The lowest BCUT2D eigenvalue weighted by atomic mass is 10.1. The fourth-order valence-corrected chi connectivity index (χ4v) is 1.06. The Morgan fingerprint density at radius 2 is 1.93 bits per heavy atom. The molecule has 0 atom stereocenters. The van der Waals surface area contributed by atoms with Crippen LogP contribution in [0.3, 0.4) is 0 Å². The molecule has 0 aromatic carbocycles. The van der Waals surface area contributed by atoms with Gasteiger partial charge in [0.15, 0.2) is 0 Å². The first-order chi connectivity index (χ1) is 6.34. The van der Waals surface area contributed by atoms with Crippen molar-refractivity contribution in [2.24, 2.45) is 5.92 Å². The summed E-state index contributed by atoms with van der Waals surface area (Å²) in [5, 5.41) is 0. The minimum absolute atomic E-state index is 0.231. The van der Waals surface area contributed by atoms with Gasteiger partial charge in [0.25, 0.3) is 0 Å². The number of thiol groups is 1. The molecule has 0 saturated carbocycles. The van der Waals surface area contributed by atoms with Gasteiger partial charge in [-0.1, -0.05) is 20.3 Å². The highest BCUT2D eigenvalue weighted by Crippen LogP contribution is 2.14. The summed E-state index contributed by atoms with van der Waals surface area (Å²) in [6.07, 6.45) is 3.27. The zero-order valence-electron chi connectivity index (χ0n) is 9.67. The van der Waals surface area contributed by atoms with Crippen molar-refractivity contribution >= 4 is 18.6 Å². The molecule has 0 rings (SSSR count). The van der Waals surface area contributed by atoms with E-state index in [-0.39, 0.29) is 5.97 Å². The molecule has 3 heteroatoms. The topological polar surface area (TPSA) is 26.3 Å². The van der Waals surface area contributed by atoms with Crippen LogP contribution < -0.4 is 0 Å². The number of carbonyl (C=O) groups is 1. The molecule has 0 aliphatic rings. The van der Waals surface area contributed by atoms with Crippen LogP contribution >= 0.6 is 12.6 Å². The van der Waals surface area contributed by atoms with Crippen LogP contribution in [0.4, 0.5) is 0 Å². The van der Waals surface area contributed by atoms with Crippen molar-refractivity contribution in [3.63, 3.8) is 0 Å². The molecule has 0 radical (unpaired) electrons. The standard InChI is InChI=1S/C11H22O2S/c1-9(2)7-5-6-8-13-10(12)11(3,4)14/h9,14H,5-8H2,1-4H3. The smallest absolute Gasteiger partial charge is 0.321 e. The number of unbranched alkanes of at least 4 members (excludes halogenated alkanes) is 1. The molecule has 0 bridgehead atoms. The van der Waals surface area contributed by atoms with Crippen LogP contribution in [0.1, 0.15) is 47.0 Å². The van der Waals surface area contributed by atoms with E-state index in [0.29, 0.717) is 6.61 Å². The highest BCUT2D eigenvalue weighted by Gasteiger charge is 2.23. The second-order valence-electron chi connectivity index (χ2n) is 4.58. The quantitative estimate of drug-likeness (QED) is 0.421. The number of rotatable bonds is 6. The average molecular weight is 218 g/mol. The van der Waals surface area contributed by atoms with Crippen molar-refractivity contribution in [2.45, 2.75) is 51.7 Å². The van der Waals surface area contributed by atoms with Crippen LogP contribution in [0.15, 0.2) is 0 Å². The van der Waals surface area contributed by atoms with E-state index in [1.165, 1.54) is 6.42 Å². The molecular weight excluding hydrogens is 196 g/mol. The maximum Gasteiger partial charge on any atom is 0.321 e. The van der Waals surface area contributed by atoms with E-state index in [2.05, 4.69) is 26.5 Å². The Labute approximate surface area is 92.8 Å². The highest BCUT2D eigenvalue weighted by molar-refractivity contribution is 7.82. The van der Waals surface area contributed by atoms with Gasteiger partial charge in [-0.05, 0) is 32.6 Å². The minimum Gasteiger partial charge on any atom is -0.465 e. The summed E-state index contributed by atoms with van der Waals surface area (Å²) < 4.78 is 4.40. The SMILES string of the molecule is CC(C)CCCCOC(=O)C(C)(C)S. The van der Waals surface area contributed by atoms with E-state index < -0.39 is 4.75 Å². The molecule has 0 N–H and O–H groups in total. The van der Waals surface area contributed by atoms with Crippen molar-refractivity contribution in [1.29, 1.82) is 0 Å². The summed E-state index contributed by atoms with van der Waals surface area (Å²) >= 11 is 4.13. The van der Waals surface area contributed by atoms with Gasteiger partial charge in [-0.2, -0.15) is 12.6 Å². The molecule has 0 spiro atoms. The van der Waals surface area contributed by atoms with E-state index in [1.54, 1.807) is 13.8 Å². The molecule has 84 valence electrons. The van der Waals surface area contributed by atoms with Crippen LogP contribution in [-0.2, 0) is 9.53 Å². The van der Waals surface area contributed by atoms with E-state index in [4.69, 9.17) is 4.74 Å². The lowest BCUT2D eigenvalue weighted by molar-refractivity contribution is -0.145. The van der Waals surface area contributed by atoms with Crippen molar-refractivity contribution in [3.8, 4) is 0 Å². The first-order valence-electron chi connectivity index (χ1n) is 5.23. The van der Waals surface area contributed by atoms with Crippen LogP contribution in [0.5, 0.6) is 0 Å². The Morgan fingerprint density at radius 1 is 1.36 bits per heavy atom. The van der Waals surface area contributed by atoms with Crippen LogP contribution in [0.2, 0.25) is 0 Å². The molecule has 0 amide bonds. The van der Waals surface area contributed by atoms with E-state index in [0.717, 1.165) is 18.8 Å². The molecule has 0 aliphatic carbocycles. The fourth-order valence-electron chi connectivity index (χ4n) is 0.996. The minimum atomic E-state index is -0.669. The van der Waals surface area contributed by atoms with Gasteiger partial charge >= 0.3 is 5.97 Å². The van der Waals surface area contributed by atoms with Gasteiger partial charge < -0.3 is 4.74 Å². The van der Waals surface area contributed by atoms with Crippen molar-refractivity contribution in [3.05, 3.63) is 0 Å². The number of carbonyl (C=O) groups excluding carboxylic acids is 1. The van der Waals surface area contributed by atoms with Crippen molar-refractivity contribution in [1.82, 2.24) is 0 Å². The summed E-state index contributed by atoms with van der Waals surface area (Å²) in [5.74, 6) is 0.498. The lowest BCUT2D eigenvalue weighted by Crippen LogP contribution is -2.27. The Kier molecular flexibility index (Phi) is 6.25. The molecule has 0 saturated heterocycles. The predicted molar refractivity (Wildman–Crippen MR) is 62.7 cm³/mol. The molecule has 0 fully saturated rings. The number of hydrogen-bond donors (Lipinski definition) is 1. The van der Waals surface area contributed by atoms with Crippen LogP contribution in [0.25, 0.3) is 0 Å². The van der Waals surface area contributed by atoms with Gasteiger partial charge in [-0.3, -0.25) is 4.79 Å². The maximum absolute atomic E-state index is 11.3. The zero-order valence-corrected chi connectivity index (χ0v) is 10.6. The number of hydrogen-bond acceptors (Lipinski definition) is 3. The first kappa shape index (κ1) is 13.8. The second kappa shape index (κ2) is 6.33. The maximum atomic E-state index is 11.3. The van der Waals surface area contributed by atoms with Gasteiger partial charge in [-0.15, -0.1) is 0 Å². The molecule has 0 heterocycles. The van der Waals surface area contributed by atoms with E-state index >= 15 is 0 Å². The van der Waals surface area contributed by atoms with Crippen LogP contribution in [-0.4, -0.2) is 17.3 Å². The average Bonchev–Trinajstić information content (AvgIpc) is 2.01. The van der Waals surface area contributed by atoms with Gasteiger partial charge in [0, 0.05) is 0 Å². The first-order valence-corrected chi connectivity index (χ1v) is 5.68. The Balaban J connectivity index is 3.42. The highest BCUT2D eigenvalue weighted by atomic mass is 32.1. The molecule has 2 nitrogen and oxygen atoms in total. The fraction of sp³-hybridized carbons (Fsp3) is 0.909. The van der Waals surface area contributed by atoms with Crippen LogP contribution in [0, 0.1) is 5.92 Å². The Bertz CT molecular complexity index is 171. The summed E-state index contributed by atoms with van der Waals surface area (Å²) in [6, 6.07) is 0. The van der Waals surface area contributed by atoms with Gasteiger partial charge in [0.2, 0.25) is 0 Å². The summed E-state index contributed by atoms with van der Waals surface area (Å²) in [7, 11) is 0. The molecule has 0 aromatic rings. The Hall–Kier alpha value is -0.180. The monoisotopic (exact) mass is 218 g/mol. The summed E-state index contributed by atoms with van der Waals surface area (Å²) in [6.45, 7) is 8.40. The summed E-state index contributed by atoms with van der Waals surface area (Å²) in [5.41, 5.74) is 0. The van der Waals surface area contributed by atoms with Gasteiger partial charge in [-0.25, -0.2) is 0 Å². The predicted octanol–water partition coefficient (Wildman–Crippen LogP) is 3.06. The Morgan fingerprint density at radius 3 is 2.36 bits per heavy atom. The lowest BCUT2D eigenvalue weighted by Gasteiger charge is -2.15. The molecular formula is C11H22O2S. The molecule has 0 aliphatic heterocycles. The van der Waals surface area contributed by atoms with E-state index in [9.17, 15) is 4.79 Å². The number of esters is 1. The third-order valence-electron chi connectivity index (χ3n) is 1.91. The van der Waals surface area contributed by atoms with E-state index in [1.807, 2.05) is 0 Å². The molecule has 0 unspecified atom stereocenters. The molecule has 0 aromatic heterocycles. The third kappa shape index (κ3) is 7.25. The second-order valence-corrected chi connectivity index (χ2v) is 5.70. The normalized spacial score (nSPS) is 11.9. The zero-order chi connectivity index (χ0) is 11.2. The van der Waals surface area contributed by atoms with Gasteiger partial charge in [0.05, 0.1) is 6.61 Å². The number of ether oxygens (including phenoxy) is 1.